The SMILES string of the molecule is COC.Cc1cccc(-c2ccn(-c3cc(N4CCOCC4)c4nc(C=O)n(C)c4n3)n2)c1. The van der Waals surface area contributed by atoms with E-state index in [1.165, 1.54) is 5.56 Å². The molecule has 0 N–H and O–H groups in total. The predicted octanol–water partition coefficient (Wildman–Crippen LogP) is 3.04. The van der Waals surface area contributed by atoms with E-state index in [0.29, 0.717) is 30.5 Å². The Balaban J connectivity index is 0.000000821. The van der Waals surface area contributed by atoms with Gasteiger partial charge in [-0.25, -0.2) is 14.6 Å². The van der Waals surface area contributed by atoms with Gasteiger partial charge in [-0.05, 0) is 19.1 Å². The summed E-state index contributed by atoms with van der Waals surface area (Å²) in [6.07, 6.45) is 2.67. The van der Waals surface area contributed by atoms with E-state index in [1.54, 1.807) is 30.5 Å². The first kappa shape index (κ1) is 22.6. The molecule has 3 aromatic heterocycles. The van der Waals surface area contributed by atoms with E-state index >= 15 is 0 Å². The number of benzene rings is 1. The maximum Gasteiger partial charge on any atom is 0.185 e. The van der Waals surface area contributed by atoms with Gasteiger partial charge in [0.1, 0.15) is 5.52 Å². The van der Waals surface area contributed by atoms with Crippen LogP contribution in [0.4, 0.5) is 5.69 Å². The molecule has 0 radical (unpaired) electrons. The first-order valence-electron chi connectivity index (χ1n) is 10.7. The zero-order valence-electron chi connectivity index (χ0n) is 19.4. The molecule has 172 valence electrons. The molecule has 1 saturated heterocycles. The Morgan fingerprint density at radius 3 is 2.55 bits per heavy atom. The number of imidazole rings is 1. The number of hydrogen-bond donors (Lipinski definition) is 0. The molecule has 1 aliphatic rings. The van der Waals surface area contributed by atoms with Gasteiger partial charge < -0.3 is 18.9 Å². The van der Waals surface area contributed by atoms with Gasteiger partial charge in [-0.1, -0.05) is 23.8 Å². The second kappa shape index (κ2) is 9.93. The van der Waals surface area contributed by atoms with E-state index in [2.05, 4.69) is 33.7 Å². The summed E-state index contributed by atoms with van der Waals surface area (Å²) in [7, 11) is 5.06. The molecule has 4 heterocycles. The number of aromatic nitrogens is 5. The molecule has 0 aliphatic carbocycles. The van der Waals surface area contributed by atoms with Gasteiger partial charge >= 0.3 is 0 Å². The van der Waals surface area contributed by atoms with Gasteiger partial charge in [-0.3, -0.25) is 4.79 Å². The lowest BCUT2D eigenvalue weighted by atomic mass is 10.1. The molecule has 1 aliphatic heterocycles. The molecule has 1 fully saturated rings. The maximum absolute atomic E-state index is 11.5. The van der Waals surface area contributed by atoms with Crippen molar-refractivity contribution in [2.45, 2.75) is 6.92 Å². The predicted molar refractivity (Wildman–Crippen MR) is 127 cm³/mol. The Morgan fingerprint density at radius 2 is 1.85 bits per heavy atom. The van der Waals surface area contributed by atoms with Crippen molar-refractivity contribution in [2.24, 2.45) is 7.05 Å². The van der Waals surface area contributed by atoms with E-state index in [4.69, 9.17) is 14.8 Å². The number of hydrogen-bond acceptors (Lipinski definition) is 7. The molecule has 0 spiro atoms. The number of rotatable bonds is 4. The summed E-state index contributed by atoms with van der Waals surface area (Å²) in [5.74, 6) is 1.04. The van der Waals surface area contributed by atoms with E-state index < -0.39 is 0 Å². The molecule has 0 unspecified atom stereocenters. The van der Waals surface area contributed by atoms with Gasteiger partial charge in [0.15, 0.2) is 23.6 Å². The molecular weight excluding hydrogens is 420 g/mol. The van der Waals surface area contributed by atoms with Crippen LogP contribution in [-0.2, 0) is 16.5 Å². The van der Waals surface area contributed by atoms with Crippen molar-refractivity contribution in [2.75, 3.05) is 45.4 Å². The number of aryl methyl sites for hydroxylation is 2. The summed E-state index contributed by atoms with van der Waals surface area (Å²) in [6, 6.07) is 12.2. The molecule has 1 aromatic carbocycles. The molecule has 33 heavy (non-hydrogen) atoms. The number of morpholine rings is 1. The number of ether oxygens (including phenoxy) is 2. The highest BCUT2D eigenvalue weighted by Gasteiger charge is 2.21. The number of carbonyl (C=O) groups excluding carboxylic acids is 1. The Bertz CT molecular complexity index is 1260. The zero-order valence-corrected chi connectivity index (χ0v) is 19.4. The van der Waals surface area contributed by atoms with E-state index in [9.17, 15) is 4.79 Å². The number of anilines is 1. The number of methoxy groups -OCH3 is 1. The van der Waals surface area contributed by atoms with E-state index in [-0.39, 0.29) is 0 Å². The second-order valence-electron chi connectivity index (χ2n) is 7.84. The van der Waals surface area contributed by atoms with Gasteiger partial charge in [0, 0.05) is 52.2 Å². The van der Waals surface area contributed by atoms with Gasteiger partial charge in [-0.2, -0.15) is 5.10 Å². The lowest BCUT2D eigenvalue weighted by molar-refractivity contribution is 0.111. The van der Waals surface area contributed by atoms with Gasteiger partial charge in [0.05, 0.1) is 24.6 Å². The topological polar surface area (TPSA) is 87.3 Å². The van der Waals surface area contributed by atoms with Crippen LogP contribution in [0.1, 0.15) is 16.2 Å². The number of carbonyl (C=O) groups is 1. The number of nitrogens with zero attached hydrogens (tertiary/aromatic N) is 6. The minimum Gasteiger partial charge on any atom is -0.388 e. The molecule has 0 amide bonds. The summed E-state index contributed by atoms with van der Waals surface area (Å²) in [4.78, 5) is 23.0. The van der Waals surface area contributed by atoms with Crippen molar-refractivity contribution in [1.29, 1.82) is 0 Å². The average molecular weight is 449 g/mol. The van der Waals surface area contributed by atoms with Gasteiger partial charge in [0.2, 0.25) is 0 Å². The fourth-order valence-corrected chi connectivity index (χ4v) is 3.82. The normalized spacial score (nSPS) is 13.6. The van der Waals surface area contributed by atoms with E-state index in [1.807, 2.05) is 30.5 Å². The monoisotopic (exact) mass is 448 g/mol. The number of pyridine rings is 1. The van der Waals surface area contributed by atoms with Crippen LogP contribution in [0.15, 0.2) is 42.6 Å². The average Bonchev–Trinajstić information content (AvgIpc) is 3.45. The maximum atomic E-state index is 11.5. The standard InChI is InChI=1S/C22H22N6O2.C2H6O/c1-15-4-3-5-16(12-15)17-6-7-28(25-17)19-13-18(27-8-10-30-11-9-27)21-22(24-19)26(2)20(14-29)23-21;1-3-2/h3-7,12-14H,8-11H2,1-2H3;1-2H3. The largest absolute Gasteiger partial charge is 0.388 e. The fourth-order valence-electron chi connectivity index (χ4n) is 3.82. The Labute approximate surface area is 192 Å². The van der Waals surface area contributed by atoms with Crippen molar-refractivity contribution in [3.63, 3.8) is 0 Å². The molecule has 4 aromatic rings. The third-order valence-electron chi connectivity index (χ3n) is 5.42. The van der Waals surface area contributed by atoms with Crippen molar-refractivity contribution in [3.05, 3.63) is 54.0 Å². The summed E-state index contributed by atoms with van der Waals surface area (Å²) < 4.78 is 13.2. The third-order valence-corrected chi connectivity index (χ3v) is 5.42. The highest BCUT2D eigenvalue weighted by atomic mass is 16.5. The lowest BCUT2D eigenvalue weighted by Gasteiger charge is -2.29. The van der Waals surface area contributed by atoms with Crippen LogP contribution in [0, 0.1) is 6.92 Å². The van der Waals surface area contributed by atoms with Crippen LogP contribution in [0.2, 0.25) is 0 Å². The van der Waals surface area contributed by atoms with Crippen molar-refractivity contribution in [1.82, 2.24) is 24.3 Å². The first-order valence-corrected chi connectivity index (χ1v) is 10.7. The Kier molecular flexibility index (Phi) is 6.81. The molecule has 0 atom stereocenters. The van der Waals surface area contributed by atoms with Crippen LogP contribution in [0.3, 0.4) is 0 Å². The van der Waals surface area contributed by atoms with Gasteiger partial charge in [0.25, 0.3) is 0 Å². The van der Waals surface area contributed by atoms with E-state index in [0.717, 1.165) is 41.8 Å². The van der Waals surface area contributed by atoms with Crippen molar-refractivity contribution in [3.8, 4) is 17.1 Å². The summed E-state index contributed by atoms with van der Waals surface area (Å²) in [5.41, 5.74) is 5.45. The van der Waals surface area contributed by atoms with Crippen molar-refractivity contribution < 1.29 is 14.3 Å². The molecule has 9 heteroatoms. The van der Waals surface area contributed by atoms with Crippen molar-refractivity contribution >= 4 is 23.1 Å². The molecular formula is C24H28N6O3. The minimum absolute atomic E-state index is 0.352. The van der Waals surface area contributed by atoms with Crippen LogP contribution in [-0.4, -0.2) is 71.1 Å². The Hall–Kier alpha value is -3.56. The fraction of sp³-hybridized carbons (Fsp3) is 0.333. The third kappa shape index (κ3) is 4.64. The molecule has 0 bridgehead atoms. The second-order valence-corrected chi connectivity index (χ2v) is 7.84. The molecule has 5 rings (SSSR count). The van der Waals surface area contributed by atoms with Gasteiger partial charge in [-0.15, -0.1) is 0 Å². The molecule has 9 nitrogen and oxygen atoms in total. The lowest BCUT2D eigenvalue weighted by Crippen LogP contribution is -2.36. The summed E-state index contributed by atoms with van der Waals surface area (Å²) in [5, 5.41) is 4.75. The highest BCUT2D eigenvalue weighted by molar-refractivity contribution is 5.91. The minimum atomic E-state index is 0.352. The summed E-state index contributed by atoms with van der Waals surface area (Å²) >= 11 is 0. The Morgan fingerprint density at radius 1 is 1.09 bits per heavy atom. The summed E-state index contributed by atoms with van der Waals surface area (Å²) in [6.45, 7) is 4.91. The van der Waals surface area contributed by atoms with Crippen LogP contribution >= 0.6 is 0 Å². The van der Waals surface area contributed by atoms with Crippen LogP contribution in [0.5, 0.6) is 0 Å². The smallest absolute Gasteiger partial charge is 0.185 e. The highest BCUT2D eigenvalue weighted by Crippen LogP contribution is 2.29. The van der Waals surface area contributed by atoms with Crippen LogP contribution in [0.25, 0.3) is 28.2 Å². The van der Waals surface area contributed by atoms with Crippen LogP contribution < -0.4 is 4.90 Å². The quantitative estimate of drug-likeness (QED) is 0.444. The first-order chi connectivity index (χ1) is 16.0. The zero-order chi connectivity index (χ0) is 23.4. The number of aldehydes is 1. The molecule has 0 saturated carbocycles. The number of fused-ring (bicyclic) bond motifs is 1.